The standard InChI is InChI=1S/C8H17NO2/c1-4-7(10)6-9(3)8(11)5-2/h7,10H,4-6H2,1-3H3. The summed E-state index contributed by atoms with van der Waals surface area (Å²) in [5.41, 5.74) is 0. The molecular weight excluding hydrogens is 142 g/mol. The van der Waals surface area contributed by atoms with Crippen molar-refractivity contribution in [3.05, 3.63) is 0 Å². The Morgan fingerprint density at radius 3 is 2.45 bits per heavy atom. The fraction of sp³-hybridized carbons (Fsp3) is 0.875. The van der Waals surface area contributed by atoms with Crippen molar-refractivity contribution in [1.82, 2.24) is 4.90 Å². The van der Waals surface area contributed by atoms with Crippen molar-refractivity contribution in [3.63, 3.8) is 0 Å². The van der Waals surface area contributed by atoms with Gasteiger partial charge in [-0.15, -0.1) is 0 Å². The summed E-state index contributed by atoms with van der Waals surface area (Å²) in [6.45, 7) is 4.16. The maximum absolute atomic E-state index is 11.0. The number of aliphatic hydroxyl groups is 1. The average molecular weight is 159 g/mol. The van der Waals surface area contributed by atoms with Gasteiger partial charge in [0, 0.05) is 20.0 Å². The Morgan fingerprint density at radius 2 is 2.09 bits per heavy atom. The Hall–Kier alpha value is -0.570. The molecule has 66 valence electrons. The lowest BCUT2D eigenvalue weighted by Gasteiger charge is -2.19. The molecule has 0 heterocycles. The van der Waals surface area contributed by atoms with Crippen LogP contribution in [0.3, 0.4) is 0 Å². The molecule has 0 saturated heterocycles. The molecule has 0 spiro atoms. The van der Waals surface area contributed by atoms with E-state index in [0.29, 0.717) is 19.4 Å². The van der Waals surface area contributed by atoms with Gasteiger partial charge in [0.2, 0.25) is 5.91 Å². The monoisotopic (exact) mass is 159 g/mol. The second-order valence-electron chi connectivity index (χ2n) is 2.69. The van der Waals surface area contributed by atoms with Gasteiger partial charge in [-0.1, -0.05) is 13.8 Å². The molecule has 3 heteroatoms. The van der Waals surface area contributed by atoms with E-state index in [4.69, 9.17) is 0 Å². The highest BCUT2D eigenvalue weighted by Gasteiger charge is 2.09. The van der Waals surface area contributed by atoms with Crippen LogP contribution in [-0.2, 0) is 4.79 Å². The molecule has 1 amide bonds. The zero-order chi connectivity index (χ0) is 8.85. The molecule has 1 atom stereocenters. The Bertz CT molecular complexity index is 125. The number of hydrogen-bond acceptors (Lipinski definition) is 2. The van der Waals surface area contributed by atoms with Crippen LogP contribution >= 0.6 is 0 Å². The first kappa shape index (κ1) is 10.4. The molecule has 0 aromatic carbocycles. The van der Waals surface area contributed by atoms with Gasteiger partial charge in [0.05, 0.1) is 6.10 Å². The molecule has 0 radical (unpaired) electrons. The van der Waals surface area contributed by atoms with Gasteiger partial charge in [-0.3, -0.25) is 4.79 Å². The van der Waals surface area contributed by atoms with Crippen molar-refractivity contribution >= 4 is 5.91 Å². The fourth-order valence-electron chi connectivity index (χ4n) is 0.817. The van der Waals surface area contributed by atoms with E-state index in [1.54, 1.807) is 11.9 Å². The van der Waals surface area contributed by atoms with Gasteiger partial charge < -0.3 is 10.0 Å². The van der Waals surface area contributed by atoms with Crippen LogP contribution in [0, 0.1) is 0 Å². The summed E-state index contributed by atoms with van der Waals surface area (Å²) in [5, 5.41) is 9.18. The Morgan fingerprint density at radius 1 is 1.55 bits per heavy atom. The Labute approximate surface area is 68.0 Å². The van der Waals surface area contributed by atoms with Crippen molar-refractivity contribution < 1.29 is 9.90 Å². The third kappa shape index (κ3) is 3.98. The zero-order valence-corrected chi connectivity index (χ0v) is 7.50. The predicted molar refractivity (Wildman–Crippen MR) is 44.2 cm³/mol. The third-order valence-electron chi connectivity index (χ3n) is 1.68. The molecule has 0 aliphatic heterocycles. The lowest BCUT2D eigenvalue weighted by molar-refractivity contribution is -0.130. The van der Waals surface area contributed by atoms with E-state index in [-0.39, 0.29) is 12.0 Å². The van der Waals surface area contributed by atoms with E-state index in [0.717, 1.165) is 0 Å². The van der Waals surface area contributed by atoms with Crippen LogP contribution in [0.4, 0.5) is 0 Å². The summed E-state index contributed by atoms with van der Waals surface area (Å²) >= 11 is 0. The maximum Gasteiger partial charge on any atom is 0.222 e. The maximum atomic E-state index is 11.0. The van der Waals surface area contributed by atoms with E-state index in [9.17, 15) is 9.90 Å². The summed E-state index contributed by atoms with van der Waals surface area (Å²) in [5.74, 6) is 0.0810. The highest BCUT2D eigenvalue weighted by Crippen LogP contribution is 1.95. The van der Waals surface area contributed by atoms with E-state index in [1.165, 1.54) is 0 Å². The van der Waals surface area contributed by atoms with E-state index in [2.05, 4.69) is 0 Å². The van der Waals surface area contributed by atoms with Crippen molar-refractivity contribution in [2.75, 3.05) is 13.6 Å². The molecular formula is C8H17NO2. The molecule has 0 aliphatic carbocycles. The molecule has 3 nitrogen and oxygen atoms in total. The molecule has 0 saturated carbocycles. The third-order valence-corrected chi connectivity index (χ3v) is 1.68. The number of carbonyl (C=O) groups is 1. The highest BCUT2D eigenvalue weighted by molar-refractivity contribution is 5.75. The molecule has 0 bridgehead atoms. The van der Waals surface area contributed by atoms with Gasteiger partial charge in [-0.2, -0.15) is 0 Å². The van der Waals surface area contributed by atoms with E-state index in [1.807, 2.05) is 13.8 Å². The first-order chi connectivity index (χ1) is 5.11. The van der Waals surface area contributed by atoms with Crippen LogP contribution in [0.2, 0.25) is 0 Å². The van der Waals surface area contributed by atoms with E-state index < -0.39 is 0 Å². The lowest BCUT2D eigenvalue weighted by atomic mass is 10.2. The minimum absolute atomic E-state index is 0.0810. The van der Waals surface area contributed by atoms with Crippen molar-refractivity contribution in [2.45, 2.75) is 32.8 Å². The normalized spacial score (nSPS) is 12.7. The SMILES string of the molecule is CCC(=O)N(C)CC(O)CC. The van der Waals surface area contributed by atoms with Crippen molar-refractivity contribution in [1.29, 1.82) is 0 Å². The van der Waals surface area contributed by atoms with Crippen molar-refractivity contribution in [2.24, 2.45) is 0 Å². The summed E-state index contributed by atoms with van der Waals surface area (Å²) in [6, 6.07) is 0. The molecule has 1 unspecified atom stereocenters. The second-order valence-corrected chi connectivity index (χ2v) is 2.69. The first-order valence-corrected chi connectivity index (χ1v) is 4.03. The average Bonchev–Trinajstić information content (AvgIpc) is 2.02. The minimum Gasteiger partial charge on any atom is -0.391 e. The molecule has 0 fully saturated rings. The number of carbonyl (C=O) groups excluding carboxylic acids is 1. The lowest BCUT2D eigenvalue weighted by Crippen LogP contribution is -2.33. The predicted octanol–water partition coefficient (Wildman–Crippen LogP) is 0.626. The smallest absolute Gasteiger partial charge is 0.222 e. The van der Waals surface area contributed by atoms with Crippen molar-refractivity contribution in [3.8, 4) is 0 Å². The van der Waals surface area contributed by atoms with Crippen LogP contribution < -0.4 is 0 Å². The molecule has 11 heavy (non-hydrogen) atoms. The number of likely N-dealkylation sites (N-methyl/N-ethyl adjacent to an activating group) is 1. The number of aliphatic hydroxyl groups excluding tert-OH is 1. The number of hydrogen-bond donors (Lipinski definition) is 1. The Balaban J connectivity index is 3.67. The number of nitrogens with zero attached hydrogens (tertiary/aromatic N) is 1. The van der Waals surface area contributed by atoms with Crippen LogP contribution in [0.15, 0.2) is 0 Å². The van der Waals surface area contributed by atoms with Crippen LogP contribution in [0.25, 0.3) is 0 Å². The molecule has 0 rings (SSSR count). The largest absolute Gasteiger partial charge is 0.391 e. The molecule has 0 aromatic rings. The summed E-state index contributed by atoms with van der Waals surface area (Å²) in [4.78, 5) is 12.5. The minimum atomic E-state index is -0.379. The van der Waals surface area contributed by atoms with Gasteiger partial charge in [-0.25, -0.2) is 0 Å². The van der Waals surface area contributed by atoms with Gasteiger partial charge in [-0.05, 0) is 6.42 Å². The molecule has 1 N–H and O–H groups in total. The molecule has 0 aliphatic rings. The van der Waals surface area contributed by atoms with Crippen LogP contribution in [0.1, 0.15) is 26.7 Å². The zero-order valence-electron chi connectivity index (χ0n) is 7.50. The van der Waals surface area contributed by atoms with Gasteiger partial charge in [0.1, 0.15) is 0 Å². The molecule has 0 aromatic heterocycles. The summed E-state index contributed by atoms with van der Waals surface area (Å²) < 4.78 is 0. The van der Waals surface area contributed by atoms with E-state index >= 15 is 0 Å². The highest BCUT2D eigenvalue weighted by atomic mass is 16.3. The first-order valence-electron chi connectivity index (χ1n) is 4.03. The number of rotatable bonds is 4. The fourth-order valence-corrected chi connectivity index (χ4v) is 0.817. The van der Waals surface area contributed by atoms with Gasteiger partial charge in [0.25, 0.3) is 0 Å². The topological polar surface area (TPSA) is 40.5 Å². The van der Waals surface area contributed by atoms with Gasteiger partial charge >= 0.3 is 0 Å². The van der Waals surface area contributed by atoms with Crippen LogP contribution in [-0.4, -0.2) is 35.6 Å². The summed E-state index contributed by atoms with van der Waals surface area (Å²) in [7, 11) is 1.71. The Kier molecular flexibility index (Phi) is 4.86. The van der Waals surface area contributed by atoms with Gasteiger partial charge in [0.15, 0.2) is 0 Å². The quantitative estimate of drug-likeness (QED) is 0.653. The second kappa shape index (κ2) is 5.13. The number of amides is 1. The van der Waals surface area contributed by atoms with Crippen LogP contribution in [0.5, 0.6) is 0 Å². The summed E-state index contributed by atoms with van der Waals surface area (Å²) in [6.07, 6.45) is 0.823.